The van der Waals surface area contributed by atoms with Gasteiger partial charge in [-0.25, -0.2) is 19.6 Å². The number of H-pyrrole nitrogens is 2. The van der Waals surface area contributed by atoms with E-state index >= 15 is 0 Å². The molecule has 4 heterocycles. The van der Waals surface area contributed by atoms with Crippen LogP contribution in [-0.2, 0) is 19.0 Å². The quantitative estimate of drug-likeness (QED) is 0.165. The Morgan fingerprint density at radius 1 is 0.808 bits per heavy atom. The topological polar surface area (TPSA) is 164 Å². The van der Waals surface area contributed by atoms with Crippen LogP contribution in [0.3, 0.4) is 0 Å². The number of aromatic nitrogens is 4. The summed E-state index contributed by atoms with van der Waals surface area (Å²) < 4.78 is 16.2. The number of likely N-dealkylation sites (tertiary alicyclic amines) is 1. The van der Waals surface area contributed by atoms with Crippen molar-refractivity contribution >= 4 is 18.1 Å². The highest BCUT2D eigenvalue weighted by Gasteiger charge is 2.35. The van der Waals surface area contributed by atoms with Gasteiger partial charge in [-0.3, -0.25) is 9.69 Å². The Kier molecular flexibility index (Phi) is 11.6. The summed E-state index contributed by atoms with van der Waals surface area (Å²) in [5.74, 6) is 1.10. The van der Waals surface area contributed by atoms with Crippen LogP contribution in [0.5, 0.6) is 0 Å². The summed E-state index contributed by atoms with van der Waals surface area (Å²) in [6.07, 6.45) is 8.01. The second kappa shape index (κ2) is 16.4. The maximum absolute atomic E-state index is 13.3. The number of imidazole rings is 2. The van der Waals surface area contributed by atoms with Gasteiger partial charge < -0.3 is 34.8 Å². The van der Waals surface area contributed by atoms with Crippen molar-refractivity contribution in [3.05, 3.63) is 72.6 Å². The first kappa shape index (κ1) is 36.6. The van der Waals surface area contributed by atoms with Crippen LogP contribution in [0.4, 0.5) is 9.59 Å². The molecule has 2 aromatic heterocycles. The molecule has 2 saturated heterocycles. The van der Waals surface area contributed by atoms with Crippen molar-refractivity contribution in [2.24, 2.45) is 0 Å². The fraction of sp³-hybridized carbons (Fsp3) is 0.462. The van der Waals surface area contributed by atoms with Crippen molar-refractivity contribution in [3.8, 4) is 33.6 Å². The van der Waals surface area contributed by atoms with Gasteiger partial charge in [-0.05, 0) is 75.1 Å². The van der Waals surface area contributed by atoms with Gasteiger partial charge >= 0.3 is 12.2 Å². The third-order valence-corrected chi connectivity index (χ3v) is 9.39. The van der Waals surface area contributed by atoms with Crippen molar-refractivity contribution in [1.82, 2.24) is 35.5 Å². The monoisotopic (exact) mass is 711 g/mol. The zero-order valence-corrected chi connectivity index (χ0v) is 30.4. The second-order valence-electron chi connectivity index (χ2n) is 14.4. The summed E-state index contributed by atoms with van der Waals surface area (Å²) in [5, 5.41) is 5.73. The van der Waals surface area contributed by atoms with Gasteiger partial charge in [0, 0.05) is 19.8 Å². The molecular weight excluding hydrogens is 662 g/mol. The fourth-order valence-corrected chi connectivity index (χ4v) is 6.64. The van der Waals surface area contributed by atoms with E-state index in [1.165, 1.54) is 7.11 Å². The maximum atomic E-state index is 13.3. The third kappa shape index (κ3) is 9.19. The van der Waals surface area contributed by atoms with Gasteiger partial charge in [0.25, 0.3) is 0 Å². The summed E-state index contributed by atoms with van der Waals surface area (Å²) in [5.41, 5.74) is 5.25. The van der Waals surface area contributed by atoms with E-state index in [0.29, 0.717) is 38.4 Å². The molecule has 0 aliphatic carbocycles. The Morgan fingerprint density at radius 2 is 1.42 bits per heavy atom. The first-order valence-corrected chi connectivity index (χ1v) is 18.1. The van der Waals surface area contributed by atoms with Crippen molar-refractivity contribution < 1.29 is 28.6 Å². The lowest BCUT2D eigenvalue weighted by molar-refractivity contribution is -0.124. The van der Waals surface area contributed by atoms with E-state index in [4.69, 9.17) is 14.2 Å². The second-order valence-corrected chi connectivity index (χ2v) is 14.4. The zero-order chi connectivity index (χ0) is 36.7. The Hall–Kier alpha value is -5.17. The number of alkyl carbamates (subject to hydrolysis) is 1. The van der Waals surface area contributed by atoms with Crippen molar-refractivity contribution in [2.75, 3.05) is 26.9 Å². The molecule has 13 heteroatoms. The summed E-state index contributed by atoms with van der Waals surface area (Å²) in [7, 11) is 1.29. The minimum atomic E-state index is -0.697. The number of nitrogens with one attached hydrogen (secondary N) is 4. The zero-order valence-electron chi connectivity index (χ0n) is 30.4. The van der Waals surface area contributed by atoms with Crippen LogP contribution in [0.2, 0.25) is 0 Å². The predicted molar refractivity (Wildman–Crippen MR) is 196 cm³/mol. The number of nitrogens with zero attached hydrogens (tertiary/aromatic N) is 3. The first-order valence-electron chi connectivity index (χ1n) is 18.1. The van der Waals surface area contributed by atoms with Gasteiger partial charge in [-0.2, -0.15) is 0 Å². The first-order chi connectivity index (χ1) is 25.1. The van der Waals surface area contributed by atoms with Crippen LogP contribution in [0.25, 0.3) is 33.6 Å². The van der Waals surface area contributed by atoms with Gasteiger partial charge in [-0.1, -0.05) is 61.4 Å². The van der Waals surface area contributed by atoms with Gasteiger partial charge in [-0.15, -0.1) is 0 Å². The highest BCUT2D eigenvalue weighted by Crippen LogP contribution is 2.33. The number of carbonyl (C=O) groups excluding carboxylic acids is 3. The Balaban J connectivity index is 1.11. The largest absolute Gasteiger partial charge is 0.453 e. The van der Waals surface area contributed by atoms with Gasteiger partial charge in [0.05, 0.1) is 43.0 Å². The SMILES string of the molecule is COC(=O)N[C@H]1CCCCCOCC[C@@H](c2ncc(-c3ccc(-c4ccc(-c5cnc([C@H]6CCCN6C(=O)OC(C)(C)C)[nH]5)cc4)cc3)[nH]2)NC1=O. The number of hydrogen-bond acceptors (Lipinski definition) is 8. The highest BCUT2D eigenvalue weighted by molar-refractivity contribution is 5.85. The standard InChI is InChI=1S/C39H49N7O6/c1-39(2,3)52-38(49)46-20-8-10-33(46)35-41-24-32(43-35)28-17-13-26(14-18-28)25-11-15-27(16-12-25)31-23-40-34(42-31)29-19-22-51-21-7-5-6-9-30(36(47)44-29)45-37(48)50-4/h11-18,23-24,29-30,33H,5-10,19-22H2,1-4H3,(H,40,42)(H,41,43)(H,44,47)(H,45,48)/t29-,30-,33+/m0/s1. The van der Waals surface area contributed by atoms with Crippen molar-refractivity contribution in [3.63, 3.8) is 0 Å². The third-order valence-electron chi connectivity index (χ3n) is 9.39. The smallest absolute Gasteiger partial charge is 0.410 e. The Bertz CT molecular complexity index is 1810. The number of amides is 3. The van der Waals surface area contributed by atoms with Gasteiger partial charge in [0.2, 0.25) is 5.91 Å². The Labute approximate surface area is 304 Å². The van der Waals surface area contributed by atoms with E-state index in [1.54, 1.807) is 11.1 Å². The molecular formula is C39H49N7O6. The normalized spacial score (nSPS) is 20.3. The molecule has 0 bridgehead atoms. The highest BCUT2D eigenvalue weighted by atomic mass is 16.6. The molecule has 2 aliphatic heterocycles. The minimum absolute atomic E-state index is 0.136. The lowest BCUT2D eigenvalue weighted by atomic mass is 10.0. The lowest BCUT2D eigenvalue weighted by Crippen LogP contribution is -2.48. The lowest BCUT2D eigenvalue weighted by Gasteiger charge is -2.27. The summed E-state index contributed by atoms with van der Waals surface area (Å²) in [6.45, 7) is 7.39. The number of aromatic amines is 2. The average molecular weight is 712 g/mol. The fourth-order valence-electron chi connectivity index (χ4n) is 6.64. The number of ether oxygens (including phenoxy) is 3. The van der Waals surface area contributed by atoms with E-state index in [2.05, 4.69) is 67.0 Å². The van der Waals surface area contributed by atoms with Crippen LogP contribution >= 0.6 is 0 Å². The molecule has 4 N–H and O–H groups in total. The van der Waals surface area contributed by atoms with Crippen molar-refractivity contribution in [1.29, 1.82) is 0 Å². The van der Waals surface area contributed by atoms with E-state index < -0.39 is 23.8 Å². The minimum Gasteiger partial charge on any atom is -0.453 e. The molecule has 52 heavy (non-hydrogen) atoms. The van der Waals surface area contributed by atoms with Crippen LogP contribution < -0.4 is 10.6 Å². The van der Waals surface area contributed by atoms with E-state index in [9.17, 15) is 14.4 Å². The molecule has 2 fully saturated rings. The molecule has 6 rings (SSSR count). The van der Waals surface area contributed by atoms with Crippen molar-refractivity contribution in [2.45, 2.75) is 89.4 Å². The molecule has 0 saturated carbocycles. The Morgan fingerprint density at radius 3 is 2.06 bits per heavy atom. The molecule has 13 nitrogen and oxygen atoms in total. The summed E-state index contributed by atoms with van der Waals surface area (Å²) >= 11 is 0. The van der Waals surface area contributed by atoms with E-state index in [1.807, 2.05) is 39.1 Å². The number of hydrogen-bond donors (Lipinski definition) is 4. The number of methoxy groups -OCH3 is 1. The number of rotatable bonds is 6. The molecule has 4 aromatic rings. The summed E-state index contributed by atoms with van der Waals surface area (Å²) in [6, 6.07) is 15.3. The molecule has 276 valence electrons. The summed E-state index contributed by atoms with van der Waals surface area (Å²) in [4.78, 5) is 55.9. The van der Waals surface area contributed by atoms with E-state index in [-0.39, 0.29) is 18.0 Å². The molecule has 3 amide bonds. The maximum Gasteiger partial charge on any atom is 0.410 e. The molecule has 0 radical (unpaired) electrons. The van der Waals surface area contributed by atoms with Gasteiger partial charge in [0.1, 0.15) is 23.3 Å². The van der Waals surface area contributed by atoms with Crippen LogP contribution in [0, 0.1) is 0 Å². The van der Waals surface area contributed by atoms with Crippen LogP contribution in [0.15, 0.2) is 60.9 Å². The molecule has 2 aromatic carbocycles. The average Bonchev–Trinajstić information content (AvgIpc) is 3.92. The molecule has 2 aliphatic rings. The molecule has 0 spiro atoms. The number of carbonyl (C=O) groups is 3. The van der Waals surface area contributed by atoms with Gasteiger partial charge in [0.15, 0.2) is 0 Å². The molecule has 0 unspecified atom stereocenters. The molecule has 3 atom stereocenters. The predicted octanol–water partition coefficient (Wildman–Crippen LogP) is 7.07. The van der Waals surface area contributed by atoms with E-state index in [0.717, 1.165) is 71.6 Å². The van der Waals surface area contributed by atoms with Crippen LogP contribution in [-0.4, -0.2) is 81.4 Å². The van der Waals surface area contributed by atoms with Crippen LogP contribution in [0.1, 0.15) is 89.4 Å². The number of benzene rings is 2.